The van der Waals surface area contributed by atoms with Crippen molar-refractivity contribution in [3.63, 3.8) is 0 Å². The Morgan fingerprint density at radius 2 is 1.81 bits per heavy atom. The molecule has 0 aliphatic heterocycles. The summed E-state index contributed by atoms with van der Waals surface area (Å²) >= 11 is 0. The van der Waals surface area contributed by atoms with E-state index in [2.05, 4.69) is 6.07 Å². The summed E-state index contributed by atoms with van der Waals surface area (Å²) in [7, 11) is -3.12. The predicted octanol–water partition coefficient (Wildman–Crippen LogP) is 1.65. The highest BCUT2D eigenvalue weighted by Gasteiger charge is 2.57. The Bertz CT molecular complexity index is 539. The smallest absolute Gasteiger partial charge is 0.152 e. The molecule has 4 heteroatoms. The molecule has 0 amide bonds. The Labute approximate surface area is 95.6 Å². The maximum absolute atomic E-state index is 11.5. The molecular formula is C12H13NO2S. The van der Waals surface area contributed by atoms with Gasteiger partial charge in [-0.3, -0.25) is 0 Å². The zero-order valence-corrected chi connectivity index (χ0v) is 10.0. The first-order valence-electron chi connectivity index (χ1n) is 5.10. The van der Waals surface area contributed by atoms with Gasteiger partial charge in [0.15, 0.2) is 9.84 Å². The molecule has 0 N–H and O–H groups in total. The summed E-state index contributed by atoms with van der Waals surface area (Å²) < 4.78 is 22.9. The molecule has 16 heavy (non-hydrogen) atoms. The Morgan fingerprint density at radius 3 is 2.19 bits per heavy atom. The molecule has 1 fully saturated rings. The van der Waals surface area contributed by atoms with E-state index < -0.39 is 15.1 Å². The van der Waals surface area contributed by atoms with Crippen LogP contribution in [0.3, 0.4) is 0 Å². The monoisotopic (exact) mass is 235 g/mol. The van der Waals surface area contributed by atoms with Crippen LogP contribution in [0.1, 0.15) is 17.0 Å². The number of nitriles is 1. The minimum atomic E-state index is -3.12. The third-order valence-electron chi connectivity index (χ3n) is 3.06. The lowest BCUT2D eigenvalue weighted by molar-refractivity contribution is 0.599. The van der Waals surface area contributed by atoms with E-state index in [4.69, 9.17) is 5.26 Å². The largest absolute Gasteiger partial charge is 0.229 e. The van der Waals surface area contributed by atoms with Crippen LogP contribution in [0, 0.1) is 24.2 Å². The molecule has 1 aliphatic carbocycles. The van der Waals surface area contributed by atoms with Gasteiger partial charge in [0.2, 0.25) is 0 Å². The molecule has 0 radical (unpaired) electrons. The molecule has 0 aromatic heterocycles. The summed E-state index contributed by atoms with van der Waals surface area (Å²) in [5.74, 6) is -0.515. The fraction of sp³-hybridized carbons (Fsp3) is 0.417. The summed E-state index contributed by atoms with van der Waals surface area (Å²) in [5.41, 5.74) is 2.08. The predicted molar refractivity (Wildman–Crippen MR) is 61.7 cm³/mol. The first-order valence-corrected chi connectivity index (χ1v) is 7.05. The third-order valence-corrected chi connectivity index (χ3v) is 4.63. The first-order chi connectivity index (χ1) is 7.45. The van der Waals surface area contributed by atoms with Crippen molar-refractivity contribution >= 4 is 9.84 Å². The van der Waals surface area contributed by atoms with Crippen molar-refractivity contribution in [1.29, 1.82) is 5.26 Å². The van der Waals surface area contributed by atoms with E-state index in [-0.39, 0.29) is 11.8 Å². The van der Waals surface area contributed by atoms with Crippen LogP contribution < -0.4 is 0 Å². The molecule has 3 nitrogen and oxygen atoms in total. The van der Waals surface area contributed by atoms with Gasteiger partial charge in [-0.1, -0.05) is 29.8 Å². The van der Waals surface area contributed by atoms with Crippen LogP contribution >= 0.6 is 0 Å². The molecule has 0 spiro atoms. The van der Waals surface area contributed by atoms with Gasteiger partial charge in [-0.05, 0) is 12.5 Å². The molecule has 0 bridgehead atoms. The SMILES string of the molecule is Cc1ccc([C@H]2[C@@H](C#N)[C@@H]2S(C)(=O)=O)cc1. The Kier molecular flexibility index (Phi) is 2.51. The van der Waals surface area contributed by atoms with E-state index in [1.165, 1.54) is 6.26 Å². The summed E-state index contributed by atoms with van der Waals surface area (Å²) in [6.45, 7) is 1.98. The third kappa shape index (κ3) is 1.83. The van der Waals surface area contributed by atoms with Crippen molar-refractivity contribution in [3.05, 3.63) is 35.4 Å². The van der Waals surface area contributed by atoms with Gasteiger partial charge in [-0.25, -0.2) is 8.42 Å². The van der Waals surface area contributed by atoms with Crippen LogP contribution in [-0.4, -0.2) is 19.9 Å². The molecule has 84 valence electrons. The average molecular weight is 235 g/mol. The summed E-state index contributed by atoms with van der Waals surface area (Å²) in [4.78, 5) is 0. The van der Waals surface area contributed by atoms with Crippen LogP contribution in [-0.2, 0) is 9.84 Å². The van der Waals surface area contributed by atoms with E-state index in [0.29, 0.717) is 0 Å². The highest BCUT2D eigenvalue weighted by Crippen LogP contribution is 2.51. The second-order valence-electron chi connectivity index (χ2n) is 4.39. The average Bonchev–Trinajstić information content (AvgIpc) is 2.92. The maximum atomic E-state index is 11.5. The van der Waals surface area contributed by atoms with Gasteiger partial charge < -0.3 is 0 Å². The van der Waals surface area contributed by atoms with Crippen LogP contribution in [0.2, 0.25) is 0 Å². The van der Waals surface area contributed by atoms with Crippen LogP contribution in [0.15, 0.2) is 24.3 Å². The number of sulfone groups is 1. The second kappa shape index (κ2) is 3.60. The van der Waals surface area contributed by atoms with Crippen molar-refractivity contribution in [2.24, 2.45) is 5.92 Å². The summed E-state index contributed by atoms with van der Waals surface area (Å²) in [6.07, 6.45) is 1.20. The Hall–Kier alpha value is -1.34. The quantitative estimate of drug-likeness (QED) is 0.783. The van der Waals surface area contributed by atoms with E-state index in [0.717, 1.165) is 11.1 Å². The normalized spacial score (nSPS) is 28.4. The van der Waals surface area contributed by atoms with E-state index in [1.807, 2.05) is 31.2 Å². The number of benzene rings is 1. The molecule has 2 rings (SSSR count). The van der Waals surface area contributed by atoms with Gasteiger partial charge >= 0.3 is 0 Å². The van der Waals surface area contributed by atoms with Crippen LogP contribution in [0.25, 0.3) is 0 Å². The molecule has 1 saturated carbocycles. The number of rotatable bonds is 2. The molecular weight excluding hydrogens is 222 g/mol. The van der Waals surface area contributed by atoms with Gasteiger partial charge in [0.25, 0.3) is 0 Å². The zero-order chi connectivity index (χ0) is 11.9. The second-order valence-corrected chi connectivity index (χ2v) is 6.59. The summed E-state index contributed by atoms with van der Waals surface area (Å²) in [5, 5.41) is 8.40. The highest BCUT2D eigenvalue weighted by atomic mass is 32.2. The zero-order valence-electron chi connectivity index (χ0n) is 9.21. The molecule has 0 unspecified atom stereocenters. The number of aryl methyl sites for hydroxylation is 1. The molecule has 0 saturated heterocycles. The van der Waals surface area contributed by atoms with Gasteiger partial charge in [-0.15, -0.1) is 0 Å². The fourth-order valence-corrected chi connectivity index (χ4v) is 3.69. The lowest BCUT2D eigenvalue weighted by Crippen LogP contribution is -2.06. The van der Waals surface area contributed by atoms with Gasteiger partial charge in [-0.2, -0.15) is 5.26 Å². The molecule has 1 aromatic carbocycles. The maximum Gasteiger partial charge on any atom is 0.152 e. The Balaban J connectivity index is 2.31. The van der Waals surface area contributed by atoms with Gasteiger partial charge in [0.1, 0.15) is 0 Å². The highest BCUT2D eigenvalue weighted by molar-refractivity contribution is 7.91. The van der Waals surface area contributed by atoms with Crippen molar-refractivity contribution < 1.29 is 8.42 Å². The Morgan fingerprint density at radius 1 is 1.25 bits per heavy atom. The van der Waals surface area contributed by atoms with E-state index >= 15 is 0 Å². The van der Waals surface area contributed by atoms with Gasteiger partial charge in [0, 0.05) is 12.2 Å². The van der Waals surface area contributed by atoms with Crippen LogP contribution in [0.4, 0.5) is 0 Å². The van der Waals surface area contributed by atoms with Crippen molar-refractivity contribution in [1.82, 2.24) is 0 Å². The molecule has 1 aliphatic rings. The van der Waals surface area contributed by atoms with Crippen molar-refractivity contribution in [2.45, 2.75) is 18.1 Å². The standard InChI is InChI=1S/C12H13NO2S/c1-8-3-5-9(6-4-8)11-10(7-13)12(11)16(2,14)15/h3-6,10-12H,1-2H3/t10-,11+,12+/m1/s1. The van der Waals surface area contributed by atoms with Crippen molar-refractivity contribution in [2.75, 3.05) is 6.26 Å². The first kappa shape index (κ1) is 11.2. The molecule has 3 atom stereocenters. The van der Waals surface area contributed by atoms with E-state index in [9.17, 15) is 8.42 Å². The lowest BCUT2D eigenvalue weighted by atomic mass is 10.1. The molecule has 1 aromatic rings. The fourth-order valence-electron chi connectivity index (χ4n) is 2.16. The van der Waals surface area contributed by atoms with E-state index in [1.54, 1.807) is 0 Å². The minimum Gasteiger partial charge on any atom is -0.229 e. The number of hydrogen-bond donors (Lipinski definition) is 0. The number of nitrogens with zero attached hydrogens (tertiary/aromatic N) is 1. The van der Waals surface area contributed by atoms with Crippen molar-refractivity contribution in [3.8, 4) is 6.07 Å². The van der Waals surface area contributed by atoms with Crippen LogP contribution in [0.5, 0.6) is 0 Å². The number of hydrogen-bond acceptors (Lipinski definition) is 3. The minimum absolute atomic E-state index is 0.138. The summed E-state index contributed by atoms with van der Waals surface area (Å²) in [6, 6.07) is 9.80. The topological polar surface area (TPSA) is 57.9 Å². The lowest BCUT2D eigenvalue weighted by Gasteiger charge is -1.99. The molecule has 0 heterocycles. The van der Waals surface area contributed by atoms with Gasteiger partial charge in [0.05, 0.1) is 17.2 Å².